The third kappa shape index (κ3) is 2.91. The Morgan fingerprint density at radius 1 is 1.19 bits per heavy atom. The van der Waals surface area contributed by atoms with Crippen LogP contribution in [0.3, 0.4) is 0 Å². The highest BCUT2D eigenvalue weighted by Gasteiger charge is 2.51. The predicted molar refractivity (Wildman–Crippen MR) is 101 cm³/mol. The molecule has 27 heavy (non-hydrogen) atoms. The smallest absolute Gasteiger partial charge is 0.250 e. The van der Waals surface area contributed by atoms with Crippen molar-refractivity contribution in [2.75, 3.05) is 12.1 Å². The van der Waals surface area contributed by atoms with E-state index < -0.39 is 5.54 Å². The monoisotopic (exact) mass is 366 g/mol. The lowest BCUT2D eigenvalue weighted by molar-refractivity contribution is -0.162. The Bertz CT molecular complexity index is 883. The summed E-state index contributed by atoms with van der Waals surface area (Å²) in [6, 6.07) is 15.0. The van der Waals surface area contributed by atoms with Gasteiger partial charge in [-0.2, -0.15) is 0 Å². The van der Waals surface area contributed by atoms with Crippen molar-refractivity contribution in [2.24, 2.45) is 0 Å². The molecule has 0 aromatic heterocycles. The highest BCUT2D eigenvalue weighted by Crippen LogP contribution is 2.42. The van der Waals surface area contributed by atoms with Crippen molar-refractivity contribution >= 4 is 17.5 Å². The van der Waals surface area contributed by atoms with Crippen molar-refractivity contribution in [3.8, 4) is 11.5 Å². The first-order valence-electron chi connectivity index (χ1n) is 9.11. The van der Waals surface area contributed by atoms with Crippen LogP contribution in [-0.4, -0.2) is 29.0 Å². The zero-order valence-corrected chi connectivity index (χ0v) is 15.4. The number of nitrogens with zero attached hydrogens (tertiary/aromatic N) is 1. The van der Waals surface area contributed by atoms with Crippen molar-refractivity contribution in [3.63, 3.8) is 0 Å². The Hall–Kier alpha value is -3.02. The minimum Gasteiger partial charge on any atom is -0.454 e. The summed E-state index contributed by atoms with van der Waals surface area (Å²) in [5.41, 5.74) is 0.729. The molecule has 0 aliphatic carbocycles. The van der Waals surface area contributed by atoms with Crippen LogP contribution in [0.2, 0.25) is 0 Å². The van der Waals surface area contributed by atoms with Crippen molar-refractivity contribution in [1.29, 1.82) is 0 Å². The molecular weight excluding hydrogens is 344 g/mol. The molecule has 2 aliphatic rings. The van der Waals surface area contributed by atoms with Gasteiger partial charge in [-0.05, 0) is 31.0 Å². The number of benzene rings is 2. The number of nitrogens with one attached hydrogen (secondary N) is 1. The summed E-state index contributed by atoms with van der Waals surface area (Å²) in [5.74, 6) is 1.05. The second kappa shape index (κ2) is 6.61. The van der Waals surface area contributed by atoms with Gasteiger partial charge < -0.3 is 19.7 Å². The Labute approximate surface area is 158 Å². The van der Waals surface area contributed by atoms with E-state index in [1.54, 1.807) is 23.1 Å². The molecule has 6 nitrogen and oxygen atoms in total. The quantitative estimate of drug-likeness (QED) is 0.823. The van der Waals surface area contributed by atoms with Gasteiger partial charge in [0.1, 0.15) is 5.54 Å². The van der Waals surface area contributed by atoms with E-state index in [1.165, 1.54) is 0 Å². The second-order valence-corrected chi connectivity index (χ2v) is 7.04. The van der Waals surface area contributed by atoms with E-state index in [0.717, 1.165) is 5.56 Å². The summed E-state index contributed by atoms with van der Waals surface area (Å²) in [7, 11) is 0. The van der Waals surface area contributed by atoms with Gasteiger partial charge in [0.05, 0.1) is 12.5 Å². The van der Waals surface area contributed by atoms with Crippen LogP contribution in [0.25, 0.3) is 0 Å². The lowest BCUT2D eigenvalue weighted by Crippen LogP contribution is -2.63. The van der Waals surface area contributed by atoms with Crippen LogP contribution in [0.1, 0.15) is 38.3 Å². The Morgan fingerprint density at radius 2 is 1.93 bits per heavy atom. The molecule has 0 saturated carbocycles. The van der Waals surface area contributed by atoms with Crippen molar-refractivity contribution < 1.29 is 19.1 Å². The van der Waals surface area contributed by atoms with E-state index in [4.69, 9.17) is 9.47 Å². The summed E-state index contributed by atoms with van der Waals surface area (Å²) in [4.78, 5) is 27.3. The van der Waals surface area contributed by atoms with E-state index in [1.807, 2.05) is 44.2 Å². The second-order valence-electron chi connectivity index (χ2n) is 7.04. The minimum atomic E-state index is -0.938. The van der Waals surface area contributed by atoms with Gasteiger partial charge >= 0.3 is 0 Å². The van der Waals surface area contributed by atoms with Crippen LogP contribution in [0.5, 0.6) is 11.5 Å². The molecule has 1 N–H and O–H groups in total. The molecule has 2 aliphatic heterocycles. The molecule has 2 unspecified atom stereocenters. The van der Waals surface area contributed by atoms with Crippen LogP contribution in [0, 0.1) is 0 Å². The summed E-state index contributed by atoms with van der Waals surface area (Å²) >= 11 is 0. The number of hydrogen-bond acceptors (Lipinski definition) is 4. The average Bonchev–Trinajstić information content (AvgIpc) is 3.14. The number of hydrogen-bond donors (Lipinski definition) is 1. The summed E-state index contributed by atoms with van der Waals surface area (Å²) in [6.07, 6.45) is 0.940. The number of carbonyl (C=O) groups is 2. The maximum atomic E-state index is 13.1. The third-order valence-electron chi connectivity index (χ3n) is 5.47. The first-order valence-corrected chi connectivity index (χ1v) is 9.11. The van der Waals surface area contributed by atoms with Gasteiger partial charge in [-0.25, -0.2) is 0 Å². The van der Waals surface area contributed by atoms with Crippen LogP contribution in [0.4, 0.5) is 5.69 Å². The molecule has 6 heteroatoms. The minimum absolute atomic E-state index is 0.00552. The zero-order valence-electron chi connectivity index (χ0n) is 15.4. The molecule has 1 saturated heterocycles. The normalized spacial score (nSPS) is 20.0. The van der Waals surface area contributed by atoms with Gasteiger partial charge in [0, 0.05) is 11.8 Å². The van der Waals surface area contributed by atoms with E-state index in [2.05, 4.69) is 5.32 Å². The van der Waals surface area contributed by atoms with Crippen LogP contribution >= 0.6 is 0 Å². The molecule has 2 atom stereocenters. The van der Waals surface area contributed by atoms with Crippen molar-refractivity contribution in [2.45, 2.75) is 38.3 Å². The fourth-order valence-electron chi connectivity index (χ4n) is 3.66. The molecule has 2 amide bonds. The molecule has 140 valence electrons. The maximum absolute atomic E-state index is 13.1. The average molecular weight is 366 g/mol. The molecule has 2 aromatic rings. The van der Waals surface area contributed by atoms with Gasteiger partial charge in [-0.1, -0.05) is 37.3 Å². The van der Waals surface area contributed by atoms with Gasteiger partial charge in [0.2, 0.25) is 18.6 Å². The number of rotatable bonds is 5. The first kappa shape index (κ1) is 17.4. The largest absolute Gasteiger partial charge is 0.454 e. The lowest BCUT2D eigenvalue weighted by Gasteiger charge is -2.50. The number of likely N-dealkylation sites (tertiary alicyclic amines) is 1. The van der Waals surface area contributed by atoms with Crippen LogP contribution in [-0.2, 0) is 9.59 Å². The Morgan fingerprint density at radius 3 is 2.63 bits per heavy atom. The summed E-state index contributed by atoms with van der Waals surface area (Å²) in [6.45, 7) is 3.93. The molecule has 0 bridgehead atoms. The molecular formula is C21H22N2O4. The lowest BCUT2D eigenvalue weighted by atomic mass is 9.83. The highest BCUT2D eigenvalue weighted by molar-refractivity contribution is 6.01. The number of fused-ring (bicyclic) bond motifs is 1. The van der Waals surface area contributed by atoms with Gasteiger partial charge in [-0.15, -0.1) is 0 Å². The summed E-state index contributed by atoms with van der Waals surface area (Å²) in [5, 5.41) is 2.94. The molecule has 2 aromatic carbocycles. The van der Waals surface area contributed by atoms with Crippen molar-refractivity contribution in [1.82, 2.24) is 4.90 Å². The highest BCUT2D eigenvalue weighted by atomic mass is 16.7. The van der Waals surface area contributed by atoms with Gasteiger partial charge in [0.25, 0.3) is 0 Å². The molecule has 0 radical (unpaired) electrons. The van der Waals surface area contributed by atoms with E-state index in [0.29, 0.717) is 30.0 Å². The first-order chi connectivity index (χ1) is 13.0. The zero-order chi connectivity index (χ0) is 19.0. The molecule has 0 spiro atoms. The van der Waals surface area contributed by atoms with Crippen molar-refractivity contribution in [3.05, 3.63) is 54.1 Å². The van der Waals surface area contributed by atoms with Gasteiger partial charge in [0.15, 0.2) is 11.5 Å². The Balaban J connectivity index is 1.57. The van der Waals surface area contributed by atoms with Crippen LogP contribution in [0.15, 0.2) is 48.5 Å². The summed E-state index contributed by atoms with van der Waals surface area (Å²) < 4.78 is 10.7. The topological polar surface area (TPSA) is 67.9 Å². The number of β-lactam (4-membered cyclic amide) rings is 1. The van der Waals surface area contributed by atoms with E-state index >= 15 is 0 Å². The molecule has 1 fully saturated rings. The predicted octanol–water partition coefficient (Wildman–Crippen LogP) is 3.50. The maximum Gasteiger partial charge on any atom is 0.250 e. The van der Waals surface area contributed by atoms with E-state index in [9.17, 15) is 9.59 Å². The number of carbonyl (C=O) groups excluding carboxylic acids is 2. The number of ether oxygens (including phenoxy) is 2. The fourth-order valence-corrected chi connectivity index (χ4v) is 3.66. The number of anilines is 1. The molecule has 2 heterocycles. The number of amides is 2. The van der Waals surface area contributed by atoms with Crippen LogP contribution < -0.4 is 14.8 Å². The van der Waals surface area contributed by atoms with E-state index in [-0.39, 0.29) is 24.6 Å². The molecule has 4 rings (SSSR count). The fraction of sp³-hybridized carbons (Fsp3) is 0.333. The SMILES string of the molecule is CCC(C)(C(=O)Nc1ccc2c(c1)OCO2)N1C(=O)CC1c1ccccc1. The Kier molecular flexibility index (Phi) is 4.26. The standard InChI is InChI=1S/C21H22N2O4/c1-3-21(2,23-16(12-19(23)24)14-7-5-4-6-8-14)20(25)22-15-9-10-17-18(11-15)27-13-26-17/h4-11,16H,3,12-13H2,1-2H3,(H,22,25). The third-order valence-corrected chi connectivity index (χ3v) is 5.47. The van der Waals surface area contributed by atoms with Gasteiger partial charge in [-0.3, -0.25) is 9.59 Å².